The molecule has 3 aromatic heterocycles. The van der Waals surface area contributed by atoms with Crippen molar-refractivity contribution in [3.05, 3.63) is 243 Å². The Bertz CT molecular complexity index is 3860. The van der Waals surface area contributed by atoms with Crippen molar-refractivity contribution in [2.75, 3.05) is 0 Å². The van der Waals surface area contributed by atoms with Crippen molar-refractivity contribution in [2.24, 2.45) is 0 Å². The second-order valence-electron chi connectivity index (χ2n) is 16.8. The number of rotatable bonds is 7. The minimum atomic E-state index is -3.08. The zero-order valence-corrected chi connectivity index (χ0v) is 35.9. The lowest BCUT2D eigenvalue weighted by molar-refractivity contribution is 0.669. The standard InChI is InChI=1S/C60H40N2OSi/c1-4-20-41(21-5-1)45-26-10-14-30-50(45)61-51-31-15-11-28-47(51)59-53(61)33-18-34-54(59)62-52-32-16-12-29-48(52)60-55(62)35-19-37-58(60)64(42-22-6-2-7-23-42,43-24-8-3-9-25-43)44-38-39-57-49(40-44)46-27-13-17-36-56(46)63-57/h1-40H. The fraction of sp³-hybridized carbons (Fsp3) is 0. The largest absolute Gasteiger partial charge is 0.456 e. The van der Waals surface area contributed by atoms with Crippen LogP contribution in [0.15, 0.2) is 247 Å². The molecule has 0 spiro atoms. The van der Waals surface area contributed by atoms with E-state index >= 15 is 0 Å². The van der Waals surface area contributed by atoms with Crippen molar-refractivity contribution in [3.63, 3.8) is 0 Å². The van der Waals surface area contributed by atoms with Gasteiger partial charge in [0.15, 0.2) is 8.07 Å². The van der Waals surface area contributed by atoms with E-state index in [1.165, 1.54) is 75.5 Å². The number of aromatic nitrogens is 2. The minimum Gasteiger partial charge on any atom is -0.456 e. The average Bonchev–Trinajstić information content (AvgIpc) is 4.03. The molecule has 0 aliphatic rings. The summed E-state index contributed by atoms with van der Waals surface area (Å²) in [6.07, 6.45) is 0. The first-order valence-corrected chi connectivity index (χ1v) is 24.0. The smallest absolute Gasteiger partial charge is 0.180 e. The Balaban J connectivity index is 1.15. The van der Waals surface area contributed by atoms with Gasteiger partial charge in [-0.3, -0.25) is 0 Å². The van der Waals surface area contributed by atoms with Crippen LogP contribution in [0.4, 0.5) is 0 Å². The fourth-order valence-corrected chi connectivity index (χ4v) is 15.9. The third kappa shape index (κ3) is 5.27. The van der Waals surface area contributed by atoms with Gasteiger partial charge in [0.25, 0.3) is 0 Å². The van der Waals surface area contributed by atoms with E-state index in [0.717, 1.165) is 33.3 Å². The lowest BCUT2D eigenvalue weighted by Gasteiger charge is -2.35. The first-order valence-electron chi connectivity index (χ1n) is 22.0. The summed E-state index contributed by atoms with van der Waals surface area (Å²) in [7, 11) is -3.08. The van der Waals surface area contributed by atoms with Gasteiger partial charge >= 0.3 is 0 Å². The lowest BCUT2D eigenvalue weighted by atomic mass is 10.0. The van der Waals surface area contributed by atoms with Gasteiger partial charge in [-0.05, 0) is 74.8 Å². The molecule has 0 bridgehead atoms. The van der Waals surface area contributed by atoms with Crippen LogP contribution in [0.25, 0.3) is 88.1 Å². The summed E-state index contributed by atoms with van der Waals surface area (Å²) >= 11 is 0. The minimum absolute atomic E-state index is 0.905. The molecular formula is C60H40N2OSi. The Morgan fingerprint density at radius 1 is 0.312 bits per heavy atom. The van der Waals surface area contributed by atoms with Crippen LogP contribution < -0.4 is 20.7 Å². The zero-order valence-electron chi connectivity index (χ0n) is 34.9. The molecule has 0 radical (unpaired) electrons. The van der Waals surface area contributed by atoms with Crippen LogP contribution in [-0.2, 0) is 0 Å². The summed E-state index contributed by atoms with van der Waals surface area (Å²) in [5.74, 6) is 0. The molecule has 0 saturated heterocycles. The number of hydrogen-bond acceptors (Lipinski definition) is 1. The Morgan fingerprint density at radius 3 is 1.53 bits per heavy atom. The van der Waals surface area contributed by atoms with Crippen molar-refractivity contribution in [2.45, 2.75) is 0 Å². The van der Waals surface area contributed by atoms with Gasteiger partial charge in [-0.25, -0.2) is 0 Å². The summed E-state index contributed by atoms with van der Waals surface area (Å²) in [6, 6.07) is 89.3. The Morgan fingerprint density at radius 2 is 0.812 bits per heavy atom. The molecule has 0 N–H and O–H groups in total. The maximum Gasteiger partial charge on any atom is 0.180 e. The van der Waals surface area contributed by atoms with Crippen molar-refractivity contribution < 1.29 is 4.42 Å². The maximum absolute atomic E-state index is 6.45. The molecule has 0 aliphatic heterocycles. The molecule has 13 aromatic rings. The normalized spacial score (nSPS) is 12.1. The van der Waals surface area contributed by atoms with Crippen LogP contribution >= 0.6 is 0 Å². The van der Waals surface area contributed by atoms with Crippen LogP contribution in [0.1, 0.15) is 0 Å². The van der Waals surface area contributed by atoms with Gasteiger partial charge in [0.05, 0.1) is 33.4 Å². The van der Waals surface area contributed by atoms with E-state index in [1.54, 1.807) is 0 Å². The van der Waals surface area contributed by atoms with Crippen molar-refractivity contribution in [1.29, 1.82) is 0 Å². The molecule has 10 aromatic carbocycles. The first-order chi connectivity index (χ1) is 31.8. The molecule has 64 heavy (non-hydrogen) atoms. The van der Waals surface area contributed by atoms with Crippen molar-refractivity contribution >= 4 is 94.4 Å². The van der Waals surface area contributed by atoms with Crippen LogP contribution in [0, 0.1) is 0 Å². The van der Waals surface area contributed by atoms with E-state index in [1.807, 2.05) is 0 Å². The molecule has 0 fully saturated rings. The Labute approximate surface area is 371 Å². The van der Waals surface area contributed by atoms with E-state index in [-0.39, 0.29) is 0 Å². The van der Waals surface area contributed by atoms with Gasteiger partial charge < -0.3 is 13.6 Å². The molecule has 4 heteroatoms. The average molecular weight is 833 g/mol. The summed E-state index contributed by atoms with van der Waals surface area (Å²) in [4.78, 5) is 0. The van der Waals surface area contributed by atoms with E-state index in [4.69, 9.17) is 4.42 Å². The highest BCUT2D eigenvalue weighted by Crippen LogP contribution is 2.41. The molecule has 0 amide bonds. The Kier molecular flexibility index (Phi) is 8.23. The van der Waals surface area contributed by atoms with E-state index in [0.29, 0.717) is 0 Å². The topological polar surface area (TPSA) is 23.0 Å². The number of nitrogens with zero attached hydrogens (tertiary/aromatic N) is 2. The monoisotopic (exact) mass is 832 g/mol. The summed E-state index contributed by atoms with van der Waals surface area (Å²) in [5, 5.41) is 12.6. The predicted octanol–water partition coefficient (Wildman–Crippen LogP) is 12.8. The molecule has 0 atom stereocenters. The van der Waals surface area contributed by atoms with E-state index in [9.17, 15) is 0 Å². The first kappa shape index (κ1) is 36.5. The molecule has 0 aliphatic carbocycles. The third-order valence-corrected chi connectivity index (χ3v) is 18.3. The lowest BCUT2D eigenvalue weighted by Crippen LogP contribution is -2.74. The molecule has 300 valence electrons. The second-order valence-corrected chi connectivity index (χ2v) is 20.5. The zero-order chi connectivity index (χ0) is 42.2. The van der Waals surface area contributed by atoms with E-state index < -0.39 is 8.07 Å². The highest BCUT2D eigenvalue weighted by molar-refractivity contribution is 7.21. The maximum atomic E-state index is 6.45. The van der Waals surface area contributed by atoms with Gasteiger partial charge in [0.1, 0.15) is 11.2 Å². The van der Waals surface area contributed by atoms with Crippen molar-refractivity contribution in [3.8, 4) is 22.5 Å². The summed E-state index contributed by atoms with van der Waals surface area (Å²) < 4.78 is 11.5. The number of benzene rings is 10. The molecule has 13 rings (SSSR count). The van der Waals surface area contributed by atoms with Crippen LogP contribution in [0.5, 0.6) is 0 Å². The number of hydrogen-bond donors (Lipinski definition) is 0. The van der Waals surface area contributed by atoms with Crippen LogP contribution in [-0.4, -0.2) is 17.2 Å². The van der Waals surface area contributed by atoms with Gasteiger partial charge in [-0.15, -0.1) is 0 Å². The summed E-state index contributed by atoms with van der Waals surface area (Å²) in [6.45, 7) is 0. The number of furan rings is 1. The highest BCUT2D eigenvalue weighted by Gasteiger charge is 2.43. The quantitative estimate of drug-likeness (QED) is 0.116. The molecular weight excluding hydrogens is 793 g/mol. The van der Waals surface area contributed by atoms with Crippen LogP contribution in [0.3, 0.4) is 0 Å². The molecule has 0 saturated carbocycles. The van der Waals surface area contributed by atoms with Crippen molar-refractivity contribution in [1.82, 2.24) is 9.13 Å². The second kappa shape index (κ2) is 14.5. The number of para-hydroxylation sites is 4. The Hall–Kier alpha value is -8.18. The third-order valence-electron chi connectivity index (χ3n) is 13.5. The fourth-order valence-electron chi connectivity index (χ4n) is 10.9. The summed E-state index contributed by atoms with van der Waals surface area (Å²) in [5.41, 5.74) is 11.2. The van der Waals surface area contributed by atoms with Gasteiger partial charge in [-0.2, -0.15) is 0 Å². The molecule has 0 unspecified atom stereocenters. The van der Waals surface area contributed by atoms with Gasteiger partial charge in [-0.1, -0.05) is 194 Å². The van der Waals surface area contributed by atoms with E-state index in [2.05, 4.69) is 252 Å². The predicted molar refractivity (Wildman–Crippen MR) is 271 cm³/mol. The highest BCUT2D eigenvalue weighted by atomic mass is 28.3. The van der Waals surface area contributed by atoms with Gasteiger partial charge in [0.2, 0.25) is 0 Å². The number of fused-ring (bicyclic) bond motifs is 9. The SMILES string of the molecule is c1ccc(-c2ccccc2-n2c3ccccc3c3c(-n4c5ccccc5c5c([Si](c6ccccc6)(c6ccccc6)c6ccc7oc8ccccc8c7c6)cccc54)cccc32)cc1. The van der Waals surface area contributed by atoms with Gasteiger partial charge in [0, 0.05) is 37.9 Å². The molecule has 3 nitrogen and oxygen atoms in total. The molecule has 3 heterocycles. The van der Waals surface area contributed by atoms with Crippen LogP contribution in [0.2, 0.25) is 0 Å².